The van der Waals surface area contributed by atoms with Crippen molar-refractivity contribution >= 4 is 21.6 Å². The molecule has 3 rings (SSSR count). The highest BCUT2D eigenvalue weighted by atomic mass is 32.2. The molecule has 30 heavy (non-hydrogen) atoms. The van der Waals surface area contributed by atoms with Gasteiger partial charge in [-0.25, -0.2) is 8.42 Å². The predicted octanol–water partition coefficient (Wildman–Crippen LogP) is 3.10. The summed E-state index contributed by atoms with van der Waals surface area (Å²) in [7, 11) is -3.75. The zero-order valence-corrected chi connectivity index (χ0v) is 18.2. The Hall–Kier alpha value is -2.58. The van der Waals surface area contributed by atoms with Gasteiger partial charge >= 0.3 is 0 Å². The molecule has 0 unspecified atom stereocenters. The number of nitrogens with zero attached hydrogens (tertiary/aromatic N) is 1. The lowest BCUT2D eigenvalue weighted by Crippen LogP contribution is -2.44. The summed E-state index contributed by atoms with van der Waals surface area (Å²) < 4.78 is 33.1. The van der Waals surface area contributed by atoms with E-state index in [1.807, 2.05) is 6.92 Å². The molecular weight excluding hydrogens is 402 g/mol. The zero-order chi connectivity index (χ0) is 21.6. The molecule has 1 saturated heterocycles. The van der Waals surface area contributed by atoms with Gasteiger partial charge in [-0.3, -0.25) is 9.52 Å². The summed E-state index contributed by atoms with van der Waals surface area (Å²) in [6.45, 7) is 7.56. The molecule has 1 aliphatic heterocycles. The second kappa shape index (κ2) is 9.95. The quantitative estimate of drug-likeness (QED) is 0.671. The van der Waals surface area contributed by atoms with Gasteiger partial charge in [-0.2, -0.15) is 0 Å². The van der Waals surface area contributed by atoms with Crippen LogP contribution in [0.15, 0.2) is 53.4 Å². The number of carbonyl (C=O) groups is 1. The molecule has 0 atom stereocenters. The van der Waals surface area contributed by atoms with Crippen LogP contribution in [0.4, 0.5) is 5.69 Å². The van der Waals surface area contributed by atoms with Gasteiger partial charge in [0.05, 0.1) is 11.5 Å². The summed E-state index contributed by atoms with van der Waals surface area (Å²) in [6, 6.07) is 12.9. The molecule has 1 heterocycles. The van der Waals surface area contributed by atoms with Crippen molar-refractivity contribution in [2.45, 2.75) is 37.6 Å². The fourth-order valence-electron chi connectivity index (χ4n) is 3.45. The minimum Gasteiger partial charge on any atom is -0.494 e. The van der Waals surface area contributed by atoms with Gasteiger partial charge in [0.15, 0.2) is 0 Å². The summed E-state index contributed by atoms with van der Waals surface area (Å²) in [4.78, 5) is 15.0. The molecule has 1 aliphatic rings. The molecule has 2 aromatic rings. The van der Waals surface area contributed by atoms with Crippen LogP contribution in [0.5, 0.6) is 5.75 Å². The molecule has 0 spiro atoms. The van der Waals surface area contributed by atoms with Crippen LogP contribution in [-0.2, 0) is 10.0 Å². The smallest absolute Gasteiger partial charge is 0.261 e. The van der Waals surface area contributed by atoms with E-state index in [0.717, 1.165) is 32.5 Å². The lowest BCUT2D eigenvalue weighted by molar-refractivity contribution is 0.0912. The maximum absolute atomic E-state index is 12.6. The average molecular weight is 432 g/mol. The number of hydrogen-bond donors (Lipinski definition) is 2. The van der Waals surface area contributed by atoms with E-state index in [0.29, 0.717) is 23.6 Å². The molecule has 7 nitrogen and oxygen atoms in total. The number of anilines is 1. The van der Waals surface area contributed by atoms with Crippen molar-refractivity contribution in [1.29, 1.82) is 0 Å². The van der Waals surface area contributed by atoms with Crippen LogP contribution in [0.3, 0.4) is 0 Å². The number of ether oxygens (including phenoxy) is 1. The monoisotopic (exact) mass is 431 g/mol. The minimum atomic E-state index is -3.75. The fraction of sp³-hybridized carbons (Fsp3) is 0.409. The number of rotatable bonds is 8. The van der Waals surface area contributed by atoms with Crippen molar-refractivity contribution in [3.63, 3.8) is 0 Å². The number of hydrogen-bond acceptors (Lipinski definition) is 5. The second-order valence-electron chi connectivity index (χ2n) is 7.27. The van der Waals surface area contributed by atoms with Crippen molar-refractivity contribution in [1.82, 2.24) is 10.2 Å². The standard InChI is InChI=1S/C22H29N3O4S/c1-3-25-15-13-18(14-16-25)23-22(26)17-5-11-21(12-6-17)30(27,28)24-19-7-9-20(10-8-19)29-4-2/h5-12,18,24H,3-4,13-16H2,1-2H3,(H,23,26). The first-order valence-corrected chi connectivity index (χ1v) is 11.8. The molecule has 1 fully saturated rings. The summed E-state index contributed by atoms with van der Waals surface area (Å²) in [5, 5.41) is 3.05. The summed E-state index contributed by atoms with van der Waals surface area (Å²) in [5.41, 5.74) is 0.895. The molecule has 0 radical (unpaired) electrons. The van der Waals surface area contributed by atoms with Crippen LogP contribution in [0.25, 0.3) is 0 Å². The van der Waals surface area contributed by atoms with Crippen LogP contribution in [0.2, 0.25) is 0 Å². The number of piperidine rings is 1. The Labute approximate surface area is 178 Å². The van der Waals surface area contributed by atoms with Crippen LogP contribution in [0, 0.1) is 0 Å². The van der Waals surface area contributed by atoms with E-state index in [-0.39, 0.29) is 16.8 Å². The Kier molecular flexibility index (Phi) is 7.33. The average Bonchev–Trinajstić information content (AvgIpc) is 2.76. The Morgan fingerprint density at radius 3 is 2.23 bits per heavy atom. The summed E-state index contributed by atoms with van der Waals surface area (Å²) >= 11 is 0. The molecule has 2 N–H and O–H groups in total. The van der Waals surface area contributed by atoms with Gasteiger partial charge in [-0.15, -0.1) is 0 Å². The van der Waals surface area contributed by atoms with Gasteiger partial charge in [0.2, 0.25) is 0 Å². The van der Waals surface area contributed by atoms with Crippen LogP contribution >= 0.6 is 0 Å². The van der Waals surface area contributed by atoms with E-state index < -0.39 is 10.0 Å². The van der Waals surface area contributed by atoms with Gasteiger partial charge in [-0.05, 0) is 74.8 Å². The van der Waals surface area contributed by atoms with E-state index in [2.05, 4.69) is 21.9 Å². The van der Waals surface area contributed by atoms with Gasteiger partial charge < -0.3 is 15.0 Å². The zero-order valence-electron chi connectivity index (χ0n) is 17.4. The highest BCUT2D eigenvalue weighted by molar-refractivity contribution is 7.92. The van der Waals surface area contributed by atoms with Gasteiger partial charge in [0, 0.05) is 30.4 Å². The first kappa shape index (κ1) is 22.1. The molecular formula is C22H29N3O4S. The normalized spacial score (nSPS) is 15.5. The molecule has 8 heteroatoms. The lowest BCUT2D eigenvalue weighted by Gasteiger charge is -2.31. The van der Waals surface area contributed by atoms with Gasteiger partial charge in [0.25, 0.3) is 15.9 Å². The van der Waals surface area contributed by atoms with Gasteiger partial charge in [-0.1, -0.05) is 6.92 Å². The first-order valence-electron chi connectivity index (χ1n) is 10.3. The lowest BCUT2D eigenvalue weighted by atomic mass is 10.0. The van der Waals surface area contributed by atoms with Crippen molar-refractivity contribution in [2.24, 2.45) is 0 Å². The van der Waals surface area contributed by atoms with Crippen LogP contribution < -0.4 is 14.8 Å². The molecule has 2 aromatic carbocycles. The maximum atomic E-state index is 12.6. The molecule has 0 aromatic heterocycles. The third-order valence-corrected chi connectivity index (χ3v) is 6.61. The molecule has 0 bridgehead atoms. The molecule has 0 aliphatic carbocycles. The number of sulfonamides is 1. The number of carbonyl (C=O) groups excluding carboxylic acids is 1. The first-order chi connectivity index (χ1) is 14.4. The Bertz CT molecular complexity index is 935. The molecule has 1 amide bonds. The van der Waals surface area contributed by atoms with E-state index >= 15 is 0 Å². The predicted molar refractivity (Wildman–Crippen MR) is 117 cm³/mol. The van der Waals surface area contributed by atoms with Crippen molar-refractivity contribution < 1.29 is 17.9 Å². The number of benzene rings is 2. The van der Waals surface area contributed by atoms with Crippen LogP contribution in [-0.4, -0.2) is 51.5 Å². The highest BCUT2D eigenvalue weighted by Crippen LogP contribution is 2.20. The number of amides is 1. The maximum Gasteiger partial charge on any atom is 0.261 e. The third kappa shape index (κ3) is 5.73. The summed E-state index contributed by atoms with van der Waals surface area (Å²) in [5.74, 6) is 0.504. The van der Waals surface area contributed by atoms with Crippen molar-refractivity contribution in [3.05, 3.63) is 54.1 Å². The Morgan fingerprint density at radius 1 is 1.03 bits per heavy atom. The third-order valence-electron chi connectivity index (χ3n) is 5.21. The van der Waals surface area contributed by atoms with Crippen LogP contribution in [0.1, 0.15) is 37.0 Å². The second-order valence-corrected chi connectivity index (χ2v) is 8.95. The number of nitrogens with one attached hydrogen (secondary N) is 2. The topological polar surface area (TPSA) is 87.7 Å². The van der Waals surface area contributed by atoms with E-state index in [4.69, 9.17) is 4.74 Å². The molecule has 0 saturated carbocycles. The fourth-order valence-corrected chi connectivity index (χ4v) is 4.51. The van der Waals surface area contributed by atoms with E-state index in [9.17, 15) is 13.2 Å². The number of likely N-dealkylation sites (tertiary alicyclic amines) is 1. The van der Waals surface area contributed by atoms with Gasteiger partial charge in [0.1, 0.15) is 5.75 Å². The van der Waals surface area contributed by atoms with Crippen molar-refractivity contribution in [3.8, 4) is 5.75 Å². The van der Waals surface area contributed by atoms with E-state index in [1.54, 1.807) is 36.4 Å². The largest absolute Gasteiger partial charge is 0.494 e. The summed E-state index contributed by atoms with van der Waals surface area (Å²) in [6.07, 6.45) is 1.86. The van der Waals surface area contributed by atoms with E-state index in [1.165, 1.54) is 12.1 Å². The molecule has 162 valence electrons. The Balaban J connectivity index is 1.60. The Morgan fingerprint density at radius 2 is 1.67 bits per heavy atom. The van der Waals surface area contributed by atoms with Crippen molar-refractivity contribution in [2.75, 3.05) is 31.0 Å². The highest BCUT2D eigenvalue weighted by Gasteiger charge is 2.21. The SMILES string of the molecule is CCOc1ccc(NS(=O)(=O)c2ccc(C(=O)NC3CCN(CC)CC3)cc2)cc1. The minimum absolute atomic E-state index is 0.101.